The van der Waals surface area contributed by atoms with Crippen molar-refractivity contribution < 1.29 is 9.72 Å². The van der Waals surface area contributed by atoms with Gasteiger partial charge in [0.05, 0.1) is 4.92 Å². The van der Waals surface area contributed by atoms with Crippen LogP contribution in [0.25, 0.3) is 0 Å². The van der Waals surface area contributed by atoms with Crippen molar-refractivity contribution in [2.24, 2.45) is 11.8 Å². The highest BCUT2D eigenvalue weighted by molar-refractivity contribution is 5.94. The molecular formula is C16H20N2O3. The molecule has 21 heavy (non-hydrogen) atoms. The lowest BCUT2D eigenvalue weighted by Crippen LogP contribution is -2.44. The van der Waals surface area contributed by atoms with Gasteiger partial charge in [-0.3, -0.25) is 14.9 Å². The van der Waals surface area contributed by atoms with E-state index in [1.54, 1.807) is 12.1 Å². The summed E-state index contributed by atoms with van der Waals surface area (Å²) >= 11 is 0. The summed E-state index contributed by atoms with van der Waals surface area (Å²) in [5, 5.41) is 10.7. The van der Waals surface area contributed by atoms with E-state index >= 15 is 0 Å². The molecule has 1 aliphatic heterocycles. The number of nitro benzene ring substituents is 1. The number of fused-ring (bicyclic) bond motifs is 1. The van der Waals surface area contributed by atoms with Crippen LogP contribution in [0.1, 0.15) is 42.5 Å². The van der Waals surface area contributed by atoms with Gasteiger partial charge in [0.15, 0.2) is 0 Å². The Balaban J connectivity index is 1.68. The van der Waals surface area contributed by atoms with Crippen LogP contribution in [-0.4, -0.2) is 28.8 Å². The predicted molar refractivity (Wildman–Crippen MR) is 79.1 cm³/mol. The maximum atomic E-state index is 12.5. The van der Waals surface area contributed by atoms with Crippen LogP contribution in [0.4, 0.5) is 5.69 Å². The maximum Gasteiger partial charge on any atom is 0.269 e. The Morgan fingerprint density at radius 1 is 1.10 bits per heavy atom. The van der Waals surface area contributed by atoms with Crippen LogP contribution >= 0.6 is 0 Å². The summed E-state index contributed by atoms with van der Waals surface area (Å²) < 4.78 is 0. The third kappa shape index (κ3) is 2.91. The third-order valence-electron chi connectivity index (χ3n) is 4.90. The number of piperidine rings is 1. The van der Waals surface area contributed by atoms with Crippen molar-refractivity contribution in [3.63, 3.8) is 0 Å². The first kappa shape index (κ1) is 14.0. The molecule has 5 heteroatoms. The fourth-order valence-electron chi connectivity index (χ4n) is 3.69. The van der Waals surface area contributed by atoms with Crippen LogP contribution < -0.4 is 0 Å². The standard InChI is InChI=1S/C16H20N2O3/c19-16(13-5-7-15(8-6-13)18(20)21)17-10-9-12-3-1-2-4-14(12)11-17/h5-8,12,14H,1-4,9-11H2/t12-,14+/m0/s1. The molecule has 112 valence electrons. The Morgan fingerprint density at radius 2 is 1.76 bits per heavy atom. The number of carbonyl (C=O) groups excluding carboxylic acids is 1. The SMILES string of the molecule is O=C(c1ccc([N+](=O)[O-])cc1)N1CC[C@@H]2CCCC[C@@H]2C1. The molecule has 0 radical (unpaired) electrons. The highest BCUT2D eigenvalue weighted by Crippen LogP contribution is 2.36. The van der Waals surface area contributed by atoms with Gasteiger partial charge in [-0.15, -0.1) is 0 Å². The second kappa shape index (κ2) is 5.84. The van der Waals surface area contributed by atoms with E-state index in [2.05, 4.69) is 0 Å². The second-order valence-corrected chi connectivity index (χ2v) is 6.15. The van der Waals surface area contributed by atoms with Gasteiger partial charge in [-0.1, -0.05) is 19.3 Å². The predicted octanol–water partition coefficient (Wildman–Crippen LogP) is 3.25. The van der Waals surface area contributed by atoms with E-state index in [-0.39, 0.29) is 11.6 Å². The summed E-state index contributed by atoms with van der Waals surface area (Å²) in [5.41, 5.74) is 0.576. The summed E-state index contributed by atoms with van der Waals surface area (Å²) in [6.45, 7) is 1.66. The Labute approximate surface area is 124 Å². The van der Waals surface area contributed by atoms with Crippen LogP contribution in [0.3, 0.4) is 0 Å². The van der Waals surface area contributed by atoms with Crippen molar-refractivity contribution in [3.05, 3.63) is 39.9 Å². The number of amides is 1. The molecule has 5 nitrogen and oxygen atoms in total. The molecule has 1 saturated carbocycles. The molecule has 1 aromatic rings. The molecule has 2 fully saturated rings. The molecule has 0 N–H and O–H groups in total. The van der Waals surface area contributed by atoms with Crippen molar-refractivity contribution >= 4 is 11.6 Å². The van der Waals surface area contributed by atoms with Gasteiger partial charge >= 0.3 is 0 Å². The average Bonchev–Trinajstić information content (AvgIpc) is 2.54. The highest BCUT2D eigenvalue weighted by Gasteiger charge is 2.33. The van der Waals surface area contributed by atoms with Crippen molar-refractivity contribution in [1.29, 1.82) is 0 Å². The van der Waals surface area contributed by atoms with Crippen LogP contribution in [-0.2, 0) is 0 Å². The number of benzene rings is 1. The molecule has 2 atom stereocenters. The zero-order valence-corrected chi connectivity index (χ0v) is 12.0. The molecule has 3 rings (SSSR count). The highest BCUT2D eigenvalue weighted by atomic mass is 16.6. The first-order chi connectivity index (χ1) is 10.1. The Hall–Kier alpha value is -1.91. The van der Waals surface area contributed by atoms with Crippen LogP contribution in [0, 0.1) is 22.0 Å². The monoisotopic (exact) mass is 288 g/mol. The number of non-ortho nitro benzene ring substituents is 1. The average molecular weight is 288 g/mol. The fraction of sp³-hybridized carbons (Fsp3) is 0.562. The lowest BCUT2D eigenvalue weighted by Gasteiger charge is -2.41. The van der Waals surface area contributed by atoms with Crippen molar-refractivity contribution in [2.75, 3.05) is 13.1 Å². The molecule has 0 aromatic heterocycles. The van der Waals surface area contributed by atoms with Crippen molar-refractivity contribution in [3.8, 4) is 0 Å². The summed E-state index contributed by atoms with van der Waals surface area (Å²) in [6.07, 6.45) is 6.25. The second-order valence-electron chi connectivity index (χ2n) is 6.15. The summed E-state index contributed by atoms with van der Waals surface area (Å²) in [5.74, 6) is 1.45. The Kier molecular flexibility index (Phi) is 3.90. The summed E-state index contributed by atoms with van der Waals surface area (Å²) in [6, 6.07) is 5.93. The van der Waals surface area contributed by atoms with E-state index in [1.165, 1.54) is 37.8 Å². The van der Waals surface area contributed by atoms with Crippen molar-refractivity contribution in [1.82, 2.24) is 4.90 Å². The summed E-state index contributed by atoms with van der Waals surface area (Å²) in [4.78, 5) is 24.6. The summed E-state index contributed by atoms with van der Waals surface area (Å²) in [7, 11) is 0. The molecule has 1 amide bonds. The van der Waals surface area contributed by atoms with Crippen LogP contribution in [0.5, 0.6) is 0 Å². The van der Waals surface area contributed by atoms with E-state index in [9.17, 15) is 14.9 Å². The molecule has 1 aromatic carbocycles. The lowest BCUT2D eigenvalue weighted by atomic mass is 9.75. The lowest BCUT2D eigenvalue weighted by molar-refractivity contribution is -0.384. The van der Waals surface area contributed by atoms with E-state index in [0.717, 1.165) is 25.4 Å². The van der Waals surface area contributed by atoms with Gasteiger partial charge in [-0.05, 0) is 36.8 Å². The molecule has 1 saturated heterocycles. The molecular weight excluding hydrogens is 268 g/mol. The van der Waals surface area contributed by atoms with Gasteiger partial charge in [0, 0.05) is 30.8 Å². The van der Waals surface area contributed by atoms with Gasteiger partial charge in [-0.2, -0.15) is 0 Å². The minimum atomic E-state index is -0.443. The van der Waals surface area contributed by atoms with E-state index < -0.39 is 4.92 Å². The van der Waals surface area contributed by atoms with Gasteiger partial charge in [0.1, 0.15) is 0 Å². The molecule has 2 aliphatic rings. The largest absolute Gasteiger partial charge is 0.338 e. The van der Waals surface area contributed by atoms with E-state index in [0.29, 0.717) is 11.5 Å². The first-order valence-electron chi connectivity index (χ1n) is 7.69. The quantitative estimate of drug-likeness (QED) is 0.620. The number of nitro groups is 1. The number of rotatable bonds is 2. The topological polar surface area (TPSA) is 63.4 Å². The Bertz CT molecular complexity index is 541. The maximum absolute atomic E-state index is 12.5. The molecule has 0 bridgehead atoms. The van der Waals surface area contributed by atoms with E-state index in [1.807, 2.05) is 4.90 Å². The minimum Gasteiger partial charge on any atom is -0.338 e. The van der Waals surface area contributed by atoms with Gasteiger partial charge < -0.3 is 4.90 Å². The number of carbonyl (C=O) groups is 1. The molecule has 1 aliphatic carbocycles. The normalized spacial score (nSPS) is 25.2. The number of likely N-dealkylation sites (tertiary alicyclic amines) is 1. The van der Waals surface area contributed by atoms with Crippen molar-refractivity contribution in [2.45, 2.75) is 32.1 Å². The van der Waals surface area contributed by atoms with Crippen LogP contribution in [0.2, 0.25) is 0 Å². The number of hydrogen-bond acceptors (Lipinski definition) is 3. The zero-order valence-electron chi connectivity index (χ0n) is 12.0. The van der Waals surface area contributed by atoms with Crippen LogP contribution in [0.15, 0.2) is 24.3 Å². The smallest absolute Gasteiger partial charge is 0.269 e. The van der Waals surface area contributed by atoms with Gasteiger partial charge in [-0.25, -0.2) is 0 Å². The van der Waals surface area contributed by atoms with Gasteiger partial charge in [0.2, 0.25) is 0 Å². The fourth-order valence-corrected chi connectivity index (χ4v) is 3.69. The van der Waals surface area contributed by atoms with Gasteiger partial charge in [0.25, 0.3) is 11.6 Å². The molecule has 0 spiro atoms. The van der Waals surface area contributed by atoms with E-state index in [4.69, 9.17) is 0 Å². The zero-order chi connectivity index (χ0) is 14.8. The molecule has 1 heterocycles. The minimum absolute atomic E-state index is 0.00826. The first-order valence-corrected chi connectivity index (χ1v) is 7.69. The third-order valence-corrected chi connectivity index (χ3v) is 4.90. The Morgan fingerprint density at radius 3 is 2.43 bits per heavy atom. The number of hydrogen-bond donors (Lipinski definition) is 0. The number of nitrogens with zero attached hydrogens (tertiary/aromatic N) is 2. The molecule has 0 unspecified atom stereocenters.